The molecule has 1 heterocycles. The lowest BCUT2D eigenvalue weighted by atomic mass is 9.96. The Kier molecular flexibility index (Phi) is 8.52. The van der Waals surface area contributed by atoms with Crippen molar-refractivity contribution in [3.05, 3.63) is 34.9 Å². The molecule has 1 fully saturated rings. The van der Waals surface area contributed by atoms with Crippen molar-refractivity contribution in [3.63, 3.8) is 0 Å². The molecular weight excluding hydrogens is 336 g/mol. The zero-order valence-electron chi connectivity index (χ0n) is 15.6. The molecule has 1 unspecified atom stereocenters. The summed E-state index contributed by atoms with van der Waals surface area (Å²) in [5, 5.41) is 7.66. The number of nitrogens with zero attached hydrogens (tertiary/aromatic N) is 2. The van der Waals surface area contributed by atoms with Gasteiger partial charge in [-0.1, -0.05) is 29.8 Å². The predicted octanol–water partition coefficient (Wildman–Crippen LogP) is 2.75. The van der Waals surface area contributed by atoms with Crippen LogP contribution < -0.4 is 10.6 Å². The normalized spacial score (nSPS) is 18.2. The third-order valence-electron chi connectivity index (χ3n) is 4.64. The highest BCUT2D eigenvalue weighted by Crippen LogP contribution is 2.21. The first-order chi connectivity index (χ1) is 12.1. The van der Waals surface area contributed by atoms with Crippen LogP contribution in [0.1, 0.15) is 25.3 Å². The monoisotopic (exact) mass is 366 g/mol. The van der Waals surface area contributed by atoms with Crippen molar-refractivity contribution < 1.29 is 4.74 Å². The van der Waals surface area contributed by atoms with E-state index in [2.05, 4.69) is 39.6 Å². The van der Waals surface area contributed by atoms with Gasteiger partial charge in [0.2, 0.25) is 0 Å². The molecule has 1 atom stereocenters. The Hall–Kier alpha value is -1.30. The number of hydrogen-bond donors (Lipinski definition) is 2. The van der Waals surface area contributed by atoms with Crippen molar-refractivity contribution in [1.29, 1.82) is 0 Å². The van der Waals surface area contributed by atoms with Crippen LogP contribution in [-0.4, -0.2) is 57.3 Å². The molecule has 0 spiro atoms. The predicted molar refractivity (Wildman–Crippen MR) is 105 cm³/mol. The van der Waals surface area contributed by atoms with Crippen LogP contribution in [0, 0.1) is 5.92 Å². The number of hydrogen-bond acceptors (Lipinski definition) is 3. The van der Waals surface area contributed by atoms with Crippen LogP contribution in [0.4, 0.5) is 0 Å². The van der Waals surface area contributed by atoms with E-state index < -0.39 is 0 Å². The van der Waals surface area contributed by atoms with Crippen LogP contribution in [-0.2, 0) is 11.3 Å². The highest BCUT2D eigenvalue weighted by Gasteiger charge is 2.20. The maximum atomic E-state index is 6.27. The lowest BCUT2D eigenvalue weighted by Crippen LogP contribution is -2.46. The zero-order chi connectivity index (χ0) is 18.1. The summed E-state index contributed by atoms with van der Waals surface area (Å²) in [6, 6.07) is 8.37. The molecule has 2 N–H and O–H groups in total. The maximum Gasteiger partial charge on any atom is 0.191 e. The van der Waals surface area contributed by atoms with Crippen molar-refractivity contribution in [2.75, 3.05) is 40.4 Å². The smallest absolute Gasteiger partial charge is 0.191 e. The largest absolute Gasteiger partial charge is 0.383 e. The van der Waals surface area contributed by atoms with Crippen LogP contribution in [0.5, 0.6) is 0 Å². The molecule has 1 aliphatic rings. The van der Waals surface area contributed by atoms with Gasteiger partial charge in [0.15, 0.2) is 5.96 Å². The Labute approximate surface area is 156 Å². The van der Waals surface area contributed by atoms with Gasteiger partial charge in [0.25, 0.3) is 0 Å². The molecule has 0 aromatic heterocycles. The standard InChI is InChI=1S/C19H31ClN4O/c1-15(14-25-3)23-19(21-2)22-12-16-8-10-24(11-9-16)13-17-6-4-5-7-18(17)20/h4-7,15-16H,8-14H2,1-3H3,(H2,21,22,23). The summed E-state index contributed by atoms with van der Waals surface area (Å²) in [6.45, 7) is 6.88. The molecule has 5 nitrogen and oxygen atoms in total. The van der Waals surface area contributed by atoms with E-state index in [1.807, 2.05) is 12.1 Å². The number of halogens is 1. The molecule has 0 aliphatic carbocycles. The van der Waals surface area contributed by atoms with E-state index in [1.54, 1.807) is 14.2 Å². The quantitative estimate of drug-likeness (QED) is 0.575. The fourth-order valence-electron chi connectivity index (χ4n) is 3.18. The highest BCUT2D eigenvalue weighted by atomic mass is 35.5. The SMILES string of the molecule is CN=C(NCC1CCN(Cc2ccccc2Cl)CC1)NC(C)COC. The summed E-state index contributed by atoms with van der Waals surface area (Å²) in [4.78, 5) is 6.78. The van der Waals surface area contributed by atoms with Gasteiger partial charge in [0, 0.05) is 38.3 Å². The minimum atomic E-state index is 0.244. The van der Waals surface area contributed by atoms with E-state index in [9.17, 15) is 0 Å². The number of nitrogens with one attached hydrogen (secondary N) is 2. The zero-order valence-corrected chi connectivity index (χ0v) is 16.4. The molecule has 0 saturated carbocycles. The summed E-state index contributed by atoms with van der Waals surface area (Å²) < 4.78 is 5.15. The molecule has 1 saturated heterocycles. The maximum absolute atomic E-state index is 6.27. The third kappa shape index (κ3) is 6.84. The lowest BCUT2D eigenvalue weighted by molar-refractivity contribution is 0.175. The number of piperidine rings is 1. The molecule has 0 amide bonds. The Morgan fingerprint density at radius 1 is 1.36 bits per heavy atom. The average Bonchev–Trinajstić information content (AvgIpc) is 2.62. The average molecular weight is 367 g/mol. The first-order valence-corrected chi connectivity index (χ1v) is 9.42. The summed E-state index contributed by atoms with van der Waals surface area (Å²) >= 11 is 6.27. The molecule has 6 heteroatoms. The number of benzene rings is 1. The lowest BCUT2D eigenvalue weighted by Gasteiger charge is -2.32. The van der Waals surface area contributed by atoms with Crippen molar-refractivity contribution in [1.82, 2.24) is 15.5 Å². The van der Waals surface area contributed by atoms with Crippen molar-refractivity contribution >= 4 is 17.6 Å². The van der Waals surface area contributed by atoms with E-state index in [1.165, 1.54) is 18.4 Å². The van der Waals surface area contributed by atoms with Crippen LogP contribution >= 0.6 is 11.6 Å². The van der Waals surface area contributed by atoms with E-state index in [4.69, 9.17) is 16.3 Å². The number of methoxy groups -OCH3 is 1. The Bertz CT molecular complexity index is 544. The fraction of sp³-hybridized carbons (Fsp3) is 0.632. The minimum absolute atomic E-state index is 0.244. The van der Waals surface area contributed by atoms with Gasteiger partial charge < -0.3 is 15.4 Å². The first kappa shape index (κ1) is 20.0. The van der Waals surface area contributed by atoms with E-state index in [-0.39, 0.29) is 6.04 Å². The van der Waals surface area contributed by atoms with Crippen molar-refractivity contribution in [2.45, 2.75) is 32.4 Å². The third-order valence-corrected chi connectivity index (χ3v) is 5.01. The molecule has 140 valence electrons. The van der Waals surface area contributed by atoms with Gasteiger partial charge in [0.1, 0.15) is 0 Å². The topological polar surface area (TPSA) is 48.9 Å². The second-order valence-electron chi connectivity index (χ2n) is 6.76. The highest BCUT2D eigenvalue weighted by molar-refractivity contribution is 6.31. The van der Waals surface area contributed by atoms with Crippen LogP contribution in [0.15, 0.2) is 29.3 Å². The summed E-state index contributed by atoms with van der Waals surface area (Å²) in [5.41, 5.74) is 1.22. The number of likely N-dealkylation sites (tertiary alicyclic amines) is 1. The van der Waals surface area contributed by atoms with Crippen LogP contribution in [0.3, 0.4) is 0 Å². The molecule has 1 aliphatic heterocycles. The summed E-state index contributed by atoms with van der Waals surface area (Å²) in [5.74, 6) is 1.53. The molecule has 0 radical (unpaired) electrons. The van der Waals surface area contributed by atoms with Crippen LogP contribution in [0.25, 0.3) is 0 Å². The van der Waals surface area contributed by atoms with Gasteiger partial charge in [-0.05, 0) is 50.4 Å². The Morgan fingerprint density at radius 3 is 2.72 bits per heavy atom. The number of guanidine groups is 1. The minimum Gasteiger partial charge on any atom is -0.383 e. The fourth-order valence-corrected chi connectivity index (χ4v) is 3.37. The molecule has 1 aromatic rings. The summed E-state index contributed by atoms with van der Waals surface area (Å²) in [6.07, 6.45) is 2.39. The van der Waals surface area contributed by atoms with Crippen molar-refractivity contribution in [2.24, 2.45) is 10.9 Å². The number of rotatable bonds is 7. The van der Waals surface area contributed by atoms with E-state index in [0.717, 1.165) is 37.2 Å². The van der Waals surface area contributed by atoms with Gasteiger partial charge in [-0.3, -0.25) is 9.89 Å². The van der Waals surface area contributed by atoms with E-state index in [0.29, 0.717) is 12.5 Å². The van der Waals surface area contributed by atoms with Gasteiger partial charge in [-0.25, -0.2) is 0 Å². The van der Waals surface area contributed by atoms with Gasteiger partial charge in [-0.15, -0.1) is 0 Å². The van der Waals surface area contributed by atoms with Gasteiger partial charge in [0.05, 0.1) is 6.61 Å². The number of ether oxygens (including phenoxy) is 1. The van der Waals surface area contributed by atoms with E-state index >= 15 is 0 Å². The van der Waals surface area contributed by atoms with Crippen molar-refractivity contribution in [3.8, 4) is 0 Å². The molecule has 25 heavy (non-hydrogen) atoms. The second-order valence-corrected chi connectivity index (χ2v) is 7.17. The summed E-state index contributed by atoms with van der Waals surface area (Å²) in [7, 11) is 3.52. The molecular formula is C19H31ClN4O. The van der Waals surface area contributed by atoms with Crippen LogP contribution in [0.2, 0.25) is 5.02 Å². The van der Waals surface area contributed by atoms with Gasteiger partial charge >= 0.3 is 0 Å². The first-order valence-electron chi connectivity index (χ1n) is 9.04. The van der Waals surface area contributed by atoms with Gasteiger partial charge in [-0.2, -0.15) is 0 Å². The Morgan fingerprint density at radius 2 is 2.08 bits per heavy atom. The Balaban J connectivity index is 1.70. The molecule has 0 bridgehead atoms. The number of aliphatic imine (C=N–C) groups is 1. The molecule has 2 rings (SSSR count). The molecule has 1 aromatic carbocycles. The second kappa shape index (κ2) is 10.6.